The highest BCUT2D eigenvalue weighted by Crippen LogP contribution is 2.53. The number of hydrogen-bond acceptors (Lipinski definition) is 10. The van der Waals surface area contributed by atoms with Gasteiger partial charge in [0.1, 0.15) is 22.9 Å². The van der Waals surface area contributed by atoms with E-state index >= 15 is 4.39 Å². The Morgan fingerprint density at radius 2 is 1.90 bits per heavy atom. The molecule has 2 amide bonds. The van der Waals surface area contributed by atoms with Gasteiger partial charge in [0.2, 0.25) is 11.7 Å². The highest BCUT2D eigenvalue weighted by molar-refractivity contribution is 6.24. The minimum atomic E-state index is -2.79. The first-order valence-corrected chi connectivity index (χ1v) is 12.4. The number of phenolic OH excluding ortho intramolecular Hbond substituents is 1. The number of aliphatic hydroxyl groups excluding tert-OH is 2. The lowest BCUT2D eigenvalue weighted by Gasteiger charge is -2.50. The maximum Gasteiger partial charge on any atom is 0.255 e. The first-order valence-electron chi connectivity index (χ1n) is 12.4. The van der Waals surface area contributed by atoms with E-state index in [0.29, 0.717) is 13.0 Å². The van der Waals surface area contributed by atoms with Crippen LogP contribution in [0.5, 0.6) is 5.75 Å². The van der Waals surface area contributed by atoms with E-state index in [0.717, 1.165) is 6.07 Å². The molecule has 1 aromatic rings. The molecule has 1 saturated carbocycles. The average molecular weight is 545 g/mol. The van der Waals surface area contributed by atoms with Gasteiger partial charge in [0.15, 0.2) is 17.1 Å². The van der Waals surface area contributed by atoms with Crippen molar-refractivity contribution < 1.29 is 44.0 Å². The summed E-state index contributed by atoms with van der Waals surface area (Å²) in [7, 11) is 4.71. The number of nitrogens with two attached hydrogens (primary N) is 1. The molecule has 13 heteroatoms. The van der Waals surface area contributed by atoms with Gasteiger partial charge in [0.05, 0.1) is 23.3 Å². The summed E-state index contributed by atoms with van der Waals surface area (Å²) < 4.78 is 15.3. The second-order valence-corrected chi connectivity index (χ2v) is 10.8. The lowest BCUT2D eigenvalue weighted by atomic mass is 9.57. The zero-order valence-corrected chi connectivity index (χ0v) is 21.5. The number of halogens is 1. The van der Waals surface area contributed by atoms with Crippen LogP contribution in [0.1, 0.15) is 24.0 Å². The third kappa shape index (κ3) is 3.60. The van der Waals surface area contributed by atoms with E-state index in [9.17, 15) is 39.6 Å². The van der Waals surface area contributed by atoms with E-state index in [2.05, 4.69) is 5.32 Å². The van der Waals surface area contributed by atoms with Crippen LogP contribution >= 0.6 is 0 Å². The number of aliphatic hydroxyl groups is 3. The van der Waals surface area contributed by atoms with E-state index in [1.165, 1.54) is 19.0 Å². The standard InChI is InChI=1S/C26H29FN4O8/c1-30(2)18-11-7-9-6-10-12(27)8-13(29-25(38)14-4-5-31(14)3)19(32)16(10)20(33)15(9)22(35)26(11,39)23(36)17(21(18)34)24(28)37/h8-9,11,14,18,32-33,36,39H,4-7H2,1-3H3,(H2,28,37)(H,29,38)/t9-,11-,14-,18-,26-/m0/s1. The average Bonchev–Trinajstić information content (AvgIpc) is 2.83. The van der Waals surface area contributed by atoms with Gasteiger partial charge >= 0.3 is 0 Å². The van der Waals surface area contributed by atoms with Gasteiger partial charge in [-0.3, -0.25) is 29.0 Å². The summed E-state index contributed by atoms with van der Waals surface area (Å²) in [6, 6.07) is -0.772. The van der Waals surface area contributed by atoms with Gasteiger partial charge in [-0.15, -0.1) is 0 Å². The normalized spacial score (nSPS) is 30.5. The number of likely N-dealkylation sites (N-methyl/N-ethyl adjacent to an activating group) is 2. The monoisotopic (exact) mass is 544 g/mol. The van der Waals surface area contributed by atoms with Crippen molar-refractivity contribution >= 4 is 34.8 Å². The fourth-order valence-corrected chi connectivity index (χ4v) is 6.43. The molecule has 1 saturated heterocycles. The Labute approximate surface area is 222 Å². The fraction of sp³-hybridized carbons (Fsp3) is 0.462. The summed E-state index contributed by atoms with van der Waals surface area (Å²) in [4.78, 5) is 54.7. The Morgan fingerprint density at radius 1 is 1.23 bits per heavy atom. The molecule has 4 aliphatic rings. The maximum atomic E-state index is 15.3. The number of aromatic hydroxyl groups is 1. The Bertz CT molecular complexity index is 1420. The second kappa shape index (κ2) is 8.86. The van der Waals surface area contributed by atoms with Crippen molar-refractivity contribution in [3.05, 3.63) is 39.9 Å². The van der Waals surface area contributed by atoms with E-state index in [1.807, 2.05) is 0 Å². The van der Waals surface area contributed by atoms with E-state index in [4.69, 9.17) is 5.73 Å². The first-order chi connectivity index (χ1) is 18.2. The van der Waals surface area contributed by atoms with Crippen molar-refractivity contribution in [2.75, 3.05) is 33.0 Å². The topological polar surface area (TPSA) is 194 Å². The SMILES string of the molecule is CN(C)[C@@H]1C(=O)C(C(N)=O)=C(O)[C@@]2(O)C(=O)C3=C(O)c4c(O)c(NC(=O)[C@@H]5CCN5C)cc(F)c4C[C@H]3C[C@@H]12. The van der Waals surface area contributed by atoms with Crippen LogP contribution < -0.4 is 11.1 Å². The molecule has 1 aromatic carbocycles. The number of benzene rings is 1. The van der Waals surface area contributed by atoms with Crippen molar-refractivity contribution in [1.29, 1.82) is 0 Å². The molecule has 5 atom stereocenters. The molecule has 1 aliphatic heterocycles. The molecule has 12 nitrogen and oxygen atoms in total. The molecule has 2 fully saturated rings. The van der Waals surface area contributed by atoms with E-state index < -0.39 is 92.7 Å². The van der Waals surface area contributed by atoms with E-state index in [-0.39, 0.29) is 24.1 Å². The van der Waals surface area contributed by atoms with Crippen LogP contribution in [0, 0.1) is 17.7 Å². The molecule has 0 unspecified atom stereocenters. The number of carbonyl (C=O) groups is 4. The molecule has 208 valence electrons. The number of likely N-dealkylation sites (tertiary alicyclic amines) is 1. The summed E-state index contributed by atoms with van der Waals surface area (Å²) in [5.41, 5.74) is 0.338. The van der Waals surface area contributed by atoms with Crippen LogP contribution in [0.4, 0.5) is 10.1 Å². The number of nitrogens with zero attached hydrogens (tertiary/aromatic N) is 2. The number of primary amides is 1. The molecule has 0 radical (unpaired) electrons. The number of fused-ring (bicyclic) bond motifs is 3. The molecule has 5 rings (SSSR count). The van der Waals surface area contributed by atoms with Crippen molar-refractivity contribution in [3.63, 3.8) is 0 Å². The van der Waals surface area contributed by atoms with Gasteiger partial charge in [-0.1, -0.05) is 0 Å². The Hall–Kier alpha value is -3.81. The zero-order chi connectivity index (χ0) is 28.7. The number of nitrogens with one attached hydrogen (secondary N) is 1. The van der Waals surface area contributed by atoms with Crippen LogP contribution in [-0.2, 0) is 25.6 Å². The highest BCUT2D eigenvalue weighted by Gasteiger charge is 2.64. The van der Waals surface area contributed by atoms with Crippen LogP contribution in [0.3, 0.4) is 0 Å². The molecule has 0 spiro atoms. The van der Waals surface area contributed by atoms with Crippen LogP contribution in [0.15, 0.2) is 23.0 Å². The number of Topliss-reactive ketones (excluding diaryl/α,β-unsaturated/α-hetero) is 2. The molecule has 1 heterocycles. The molecule has 7 N–H and O–H groups in total. The molecule has 39 heavy (non-hydrogen) atoms. The first kappa shape index (κ1) is 26.8. The molecule has 0 aromatic heterocycles. The second-order valence-electron chi connectivity index (χ2n) is 10.8. The van der Waals surface area contributed by atoms with Gasteiger partial charge in [0.25, 0.3) is 5.91 Å². The predicted molar refractivity (Wildman–Crippen MR) is 134 cm³/mol. The van der Waals surface area contributed by atoms with Gasteiger partial charge in [0, 0.05) is 29.7 Å². The molecule has 3 aliphatic carbocycles. The largest absolute Gasteiger partial charge is 0.508 e. The van der Waals surface area contributed by atoms with Crippen LogP contribution in [0.25, 0.3) is 5.76 Å². The predicted octanol–water partition coefficient (Wildman–Crippen LogP) is -0.254. The summed E-state index contributed by atoms with van der Waals surface area (Å²) in [6.07, 6.45) is 0.231. The minimum absolute atomic E-state index is 0.114. The Morgan fingerprint density at radius 3 is 2.44 bits per heavy atom. The summed E-state index contributed by atoms with van der Waals surface area (Å²) >= 11 is 0. The maximum absolute atomic E-state index is 15.3. The van der Waals surface area contributed by atoms with Crippen molar-refractivity contribution in [2.24, 2.45) is 17.6 Å². The van der Waals surface area contributed by atoms with Gasteiger partial charge in [-0.2, -0.15) is 0 Å². The number of ketones is 2. The van der Waals surface area contributed by atoms with Gasteiger partial charge in [-0.25, -0.2) is 4.39 Å². The van der Waals surface area contributed by atoms with Crippen molar-refractivity contribution in [3.8, 4) is 5.75 Å². The number of rotatable bonds is 4. The summed E-state index contributed by atoms with van der Waals surface area (Å²) in [6.45, 7) is 0.696. The summed E-state index contributed by atoms with van der Waals surface area (Å²) in [5, 5.41) is 47.1. The van der Waals surface area contributed by atoms with Crippen LogP contribution in [0.2, 0.25) is 0 Å². The number of carbonyl (C=O) groups excluding carboxylic acids is 4. The van der Waals surface area contributed by atoms with Gasteiger partial charge < -0.3 is 31.5 Å². The lowest BCUT2D eigenvalue weighted by Crippen LogP contribution is -2.65. The minimum Gasteiger partial charge on any atom is -0.508 e. The highest BCUT2D eigenvalue weighted by atomic mass is 19.1. The van der Waals surface area contributed by atoms with Crippen molar-refractivity contribution in [1.82, 2.24) is 9.80 Å². The lowest BCUT2D eigenvalue weighted by molar-refractivity contribution is -0.153. The quantitative estimate of drug-likeness (QED) is 0.217. The number of phenols is 1. The number of anilines is 1. The third-order valence-corrected chi connectivity index (χ3v) is 8.51. The molecular weight excluding hydrogens is 515 g/mol. The molecule has 0 bridgehead atoms. The Balaban J connectivity index is 1.64. The van der Waals surface area contributed by atoms with E-state index in [1.54, 1.807) is 11.9 Å². The molecular formula is C26H29FN4O8. The third-order valence-electron chi connectivity index (χ3n) is 8.51. The zero-order valence-electron chi connectivity index (χ0n) is 21.5. The fourth-order valence-electron chi connectivity index (χ4n) is 6.43. The smallest absolute Gasteiger partial charge is 0.255 e. The number of amides is 2. The number of hydrogen-bond donors (Lipinski definition) is 6. The van der Waals surface area contributed by atoms with Crippen molar-refractivity contribution in [2.45, 2.75) is 36.9 Å². The van der Waals surface area contributed by atoms with Gasteiger partial charge in [-0.05, 0) is 46.3 Å². The summed E-state index contributed by atoms with van der Waals surface area (Å²) in [5.74, 6) is -9.61. The Kier molecular flexibility index (Phi) is 6.09. The van der Waals surface area contributed by atoms with Crippen LogP contribution in [-0.4, -0.2) is 99.0 Å².